The Labute approximate surface area is 157 Å². The van der Waals surface area contributed by atoms with Crippen molar-refractivity contribution in [3.8, 4) is 0 Å². The second-order valence-corrected chi connectivity index (χ2v) is 7.82. The largest absolute Gasteiger partial charge is 0.365 e. The molecule has 0 bridgehead atoms. The van der Waals surface area contributed by atoms with E-state index in [0.717, 1.165) is 50.3 Å². The summed E-state index contributed by atoms with van der Waals surface area (Å²) in [5.41, 5.74) is -0.163. The molecule has 27 heavy (non-hydrogen) atoms. The summed E-state index contributed by atoms with van der Waals surface area (Å²) >= 11 is 0. The zero-order chi connectivity index (χ0) is 19.4. The van der Waals surface area contributed by atoms with Crippen molar-refractivity contribution in [3.63, 3.8) is 0 Å². The number of rotatable bonds is 9. The van der Waals surface area contributed by atoms with Crippen LogP contribution in [0.15, 0.2) is 18.2 Å². The summed E-state index contributed by atoms with van der Waals surface area (Å²) in [5, 5.41) is 5.64. The summed E-state index contributed by atoms with van der Waals surface area (Å²) < 4.78 is 32.6. The van der Waals surface area contributed by atoms with Crippen molar-refractivity contribution in [1.82, 2.24) is 10.6 Å². The van der Waals surface area contributed by atoms with Gasteiger partial charge < -0.3 is 15.4 Å². The Morgan fingerprint density at radius 1 is 1.26 bits per heavy atom. The smallest absolute Gasteiger partial charge is 0.246 e. The minimum atomic E-state index is -0.607. The molecule has 0 heterocycles. The van der Waals surface area contributed by atoms with Gasteiger partial charge in [-0.2, -0.15) is 0 Å². The van der Waals surface area contributed by atoms with Crippen molar-refractivity contribution in [2.75, 3.05) is 13.2 Å². The fourth-order valence-corrected chi connectivity index (χ4v) is 3.28. The van der Waals surface area contributed by atoms with Gasteiger partial charge in [0.2, 0.25) is 11.8 Å². The van der Waals surface area contributed by atoms with Gasteiger partial charge in [0, 0.05) is 18.2 Å². The zero-order valence-electron chi connectivity index (χ0n) is 15.5. The normalized spacial score (nSPS) is 19.1. The fraction of sp³-hybridized carbons (Fsp3) is 0.600. The second kappa shape index (κ2) is 8.33. The summed E-state index contributed by atoms with van der Waals surface area (Å²) in [4.78, 5) is 24.2. The number of carbonyl (C=O) groups excluding carboxylic acids is 2. The molecule has 2 amide bonds. The number of benzene rings is 1. The Hall–Kier alpha value is -2.02. The highest BCUT2D eigenvalue weighted by Crippen LogP contribution is 2.34. The van der Waals surface area contributed by atoms with Crippen LogP contribution in [0, 0.1) is 17.6 Å². The Bertz CT molecular complexity index is 702. The standard InChI is InChI=1S/C20H26F2N2O3/c1-20(7-2-8-20)27-12-19(26)23-11-17(13-3-4-13)24-18(25)10-14-9-15(21)5-6-16(14)22/h5-6,9,13,17H,2-4,7-8,10-12H2,1H3,(H,23,26)(H,24,25). The summed E-state index contributed by atoms with van der Waals surface area (Å²) in [6.45, 7) is 2.32. The highest BCUT2D eigenvalue weighted by molar-refractivity contribution is 5.79. The van der Waals surface area contributed by atoms with Gasteiger partial charge in [-0.1, -0.05) is 0 Å². The molecule has 0 aliphatic heterocycles. The monoisotopic (exact) mass is 380 g/mol. The predicted octanol–water partition coefficient (Wildman–Crippen LogP) is 2.48. The molecule has 1 aromatic carbocycles. The topological polar surface area (TPSA) is 67.4 Å². The lowest BCUT2D eigenvalue weighted by Gasteiger charge is -2.37. The van der Waals surface area contributed by atoms with Crippen LogP contribution in [-0.2, 0) is 20.7 Å². The molecule has 1 aromatic rings. The molecule has 7 heteroatoms. The van der Waals surface area contributed by atoms with E-state index in [1.807, 2.05) is 6.92 Å². The maximum Gasteiger partial charge on any atom is 0.246 e. The molecule has 0 spiro atoms. The molecule has 2 N–H and O–H groups in total. The third kappa shape index (κ3) is 5.73. The van der Waals surface area contributed by atoms with E-state index in [4.69, 9.17) is 4.74 Å². The summed E-state index contributed by atoms with van der Waals surface area (Å²) in [6.07, 6.45) is 4.78. The number of nitrogens with one attached hydrogen (secondary N) is 2. The van der Waals surface area contributed by atoms with Crippen molar-refractivity contribution < 1.29 is 23.1 Å². The summed E-state index contributed by atoms with van der Waals surface area (Å²) in [7, 11) is 0. The third-order valence-corrected chi connectivity index (χ3v) is 5.38. The van der Waals surface area contributed by atoms with Gasteiger partial charge in [0.1, 0.15) is 18.2 Å². The Balaban J connectivity index is 1.45. The van der Waals surface area contributed by atoms with Crippen molar-refractivity contribution >= 4 is 11.8 Å². The van der Waals surface area contributed by atoms with Gasteiger partial charge in [0.15, 0.2) is 0 Å². The van der Waals surface area contributed by atoms with Crippen LogP contribution >= 0.6 is 0 Å². The predicted molar refractivity (Wildman–Crippen MR) is 95.9 cm³/mol. The number of halogens is 2. The quantitative estimate of drug-likeness (QED) is 0.692. The number of carbonyl (C=O) groups is 2. The number of amides is 2. The van der Waals surface area contributed by atoms with Crippen LogP contribution < -0.4 is 10.6 Å². The molecular weight excluding hydrogens is 354 g/mol. The van der Waals surface area contributed by atoms with Crippen molar-refractivity contribution in [1.29, 1.82) is 0 Å². The first-order chi connectivity index (χ1) is 12.8. The lowest BCUT2D eigenvalue weighted by Crippen LogP contribution is -2.47. The number of ether oxygens (including phenoxy) is 1. The van der Waals surface area contributed by atoms with Gasteiger partial charge in [-0.15, -0.1) is 0 Å². The van der Waals surface area contributed by atoms with Gasteiger partial charge in [-0.25, -0.2) is 8.78 Å². The molecule has 0 radical (unpaired) electrons. The van der Waals surface area contributed by atoms with Gasteiger partial charge in [-0.3, -0.25) is 9.59 Å². The molecule has 3 rings (SSSR count). The molecule has 2 saturated carbocycles. The molecule has 1 atom stereocenters. The van der Waals surface area contributed by atoms with E-state index in [1.54, 1.807) is 0 Å². The van der Waals surface area contributed by atoms with Gasteiger partial charge in [0.05, 0.1) is 12.0 Å². The van der Waals surface area contributed by atoms with Gasteiger partial charge in [0.25, 0.3) is 0 Å². The average molecular weight is 380 g/mol. The molecule has 2 fully saturated rings. The second-order valence-electron chi connectivity index (χ2n) is 7.82. The molecule has 0 saturated heterocycles. The minimum Gasteiger partial charge on any atom is -0.365 e. The molecule has 148 valence electrons. The van der Waals surface area contributed by atoms with Crippen molar-refractivity contribution in [2.24, 2.45) is 5.92 Å². The van der Waals surface area contributed by atoms with E-state index in [1.165, 1.54) is 0 Å². The van der Waals surface area contributed by atoms with E-state index in [9.17, 15) is 18.4 Å². The first-order valence-electron chi connectivity index (χ1n) is 9.49. The number of hydrogen-bond acceptors (Lipinski definition) is 3. The Kier molecular flexibility index (Phi) is 6.09. The first-order valence-corrected chi connectivity index (χ1v) is 9.49. The maximum atomic E-state index is 13.7. The number of hydrogen-bond donors (Lipinski definition) is 2. The first kappa shape index (κ1) is 19.7. The molecule has 5 nitrogen and oxygen atoms in total. The summed E-state index contributed by atoms with van der Waals surface area (Å²) in [5.74, 6) is -1.48. The Morgan fingerprint density at radius 3 is 2.63 bits per heavy atom. The SMILES string of the molecule is CC1(OCC(=O)NCC(NC(=O)Cc2cc(F)ccc2F)C2CC2)CCC1. The van der Waals surface area contributed by atoms with E-state index in [-0.39, 0.29) is 42.0 Å². The molecule has 2 aliphatic carbocycles. The van der Waals surface area contributed by atoms with Crippen molar-refractivity contribution in [2.45, 2.75) is 57.1 Å². The van der Waals surface area contributed by atoms with Crippen LogP contribution in [0.1, 0.15) is 44.6 Å². The van der Waals surface area contributed by atoms with Crippen LogP contribution in [0.4, 0.5) is 8.78 Å². The van der Waals surface area contributed by atoms with E-state index < -0.39 is 11.6 Å². The van der Waals surface area contributed by atoms with Gasteiger partial charge in [-0.05, 0) is 63.1 Å². The molecule has 2 aliphatic rings. The molecule has 0 aromatic heterocycles. The average Bonchev–Trinajstić information content (AvgIpc) is 3.43. The van der Waals surface area contributed by atoms with Crippen molar-refractivity contribution in [3.05, 3.63) is 35.4 Å². The van der Waals surface area contributed by atoms with Crippen LogP contribution in [0.5, 0.6) is 0 Å². The van der Waals surface area contributed by atoms with Crippen LogP contribution in [0.25, 0.3) is 0 Å². The fourth-order valence-electron chi connectivity index (χ4n) is 3.28. The Morgan fingerprint density at radius 2 is 2.00 bits per heavy atom. The third-order valence-electron chi connectivity index (χ3n) is 5.38. The highest BCUT2D eigenvalue weighted by Gasteiger charge is 2.34. The van der Waals surface area contributed by atoms with E-state index >= 15 is 0 Å². The zero-order valence-corrected chi connectivity index (χ0v) is 15.5. The molecular formula is C20H26F2N2O3. The minimum absolute atomic E-state index is 0.0103. The van der Waals surface area contributed by atoms with Crippen LogP contribution in [0.2, 0.25) is 0 Å². The highest BCUT2D eigenvalue weighted by atomic mass is 19.1. The molecule has 1 unspecified atom stereocenters. The lowest BCUT2D eigenvalue weighted by atomic mass is 9.82. The van der Waals surface area contributed by atoms with Crippen LogP contribution in [0.3, 0.4) is 0 Å². The van der Waals surface area contributed by atoms with E-state index in [0.29, 0.717) is 12.5 Å². The van der Waals surface area contributed by atoms with E-state index in [2.05, 4.69) is 10.6 Å². The lowest BCUT2D eigenvalue weighted by molar-refractivity contribution is -0.139. The maximum absolute atomic E-state index is 13.7. The van der Waals surface area contributed by atoms with Gasteiger partial charge >= 0.3 is 0 Å². The van der Waals surface area contributed by atoms with Crippen LogP contribution in [-0.4, -0.2) is 36.6 Å². The summed E-state index contributed by atoms with van der Waals surface area (Å²) in [6, 6.07) is 2.85.